The highest BCUT2D eigenvalue weighted by Gasteiger charge is 2.13. The molecule has 0 aliphatic carbocycles. The van der Waals surface area contributed by atoms with Gasteiger partial charge in [0, 0.05) is 10.7 Å². The molecule has 26 heavy (non-hydrogen) atoms. The molecule has 0 heterocycles. The Balaban J connectivity index is 1.98. The molecule has 0 fully saturated rings. The van der Waals surface area contributed by atoms with E-state index in [1.807, 2.05) is 13.8 Å². The molecule has 0 saturated heterocycles. The van der Waals surface area contributed by atoms with Crippen LogP contribution in [0.2, 0.25) is 10.0 Å². The van der Waals surface area contributed by atoms with Gasteiger partial charge >= 0.3 is 5.97 Å². The molecule has 0 saturated carbocycles. The first-order valence-corrected chi connectivity index (χ1v) is 8.73. The summed E-state index contributed by atoms with van der Waals surface area (Å²) in [6, 6.07) is 8.11. The smallest absolute Gasteiger partial charge is 0.339 e. The van der Waals surface area contributed by atoms with Crippen molar-refractivity contribution in [2.45, 2.75) is 20.8 Å². The monoisotopic (exact) mass is 395 g/mol. The zero-order valence-electron chi connectivity index (χ0n) is 14.7. The van der Waals surface area contributed by atoms with E-state index in [1.165, 1.54) is 12.1 Å². The van der Waals surface area contributed by atoms with Crippen LogP contribution in [0.1, 0.15) is 28.4 Å². The van der Waals surface area contributed by atoms with Gasteiger partial charge in [-0.05, 0) is 62.2 Å². The van der Waals surface area contributed by atoms with Crippen LogP contribution in [0.3, 0.4) is 0 Å². The first-order valence-electron chi connectivity index (χ1n) is 7.98. The van der Waals surface area contributed by atoms with Gasteiger partial charge in [-0.25, -0.2) is 4.79 Å². The van der Waals surface area contributed by atoms with Crippen molar-refractivity contribution in [3.8, 4) is 5.75 Å². The molecule has 0 aromatic heterocycles. The Morgan fingerprint density at radius 1 is 1.08 bits per heavy atom. The van der Waals surface area contributed by atoms with E-state index in [0.29, 0.717) is 16.5 Å². The summed E-state index contributed by atoms with van der Waals surface area (Å²) in [5.74, 6) is -0.294. The summed E-state index contributed by atoms with van der Waals surface area (Å²) in [6.07, 6.45) is 0. The summed E-state index contributed by atoms with van der Waals surface area (Å²) in [6.45, 7) is 5.54. The maximum absolute atomic E-state index is 12.1. The fourth-order valence-electron chi connectivity index (χ4n) is 2.30. The SMILES string of the molecule is CCOC(=O)c1ccc(NC(=O)COc2cc(C)c(Cl)c(C)c2)cc1Cl. The van der Waals surface area contributed by atoms with Crippen molar-refractivity contribution in [2.75, 3.05) is 18.5 Å². The third kappa shape index (κ3) is 5.13. The van der Waals surface area contributed by atoms with Gasteiger partial charge in [-0.2, -0.15) is 0 Å². The van der Waals surface area contributed by atoms with Gasteiger partial charge in [0.1, 0.15) is 5.75 Å². The van der Waals surface area contributed by atoms with E-state index in [-0.39, 0.29) is 29.7 Å². The van der Waals surface area contributed by atoms with E-state index >= 15 is 0 Å². The number of aryl methyl sites for hydroxylation is 2. The maximum atomic E-state index is 12.1. The molecule has 0 unspecified atom stereocenters. The standard InChI is InChI=1S/C19H19Cl2NO4/c1-4-25-19(24)15-6-5-13(9-16(15)20)22-17(23)10-26-14-7-11(2)18(21)12(3)8-14/h5-9H,4,10H2,1-3H3,(H,22,23). The first kappa shape index (κ1) is 20.1. The molecule has 0 aliphatic rings. The first-order chi connectivity index (χ1) is 12.3. The van der Waals surface area contributed by atoms with Gasteiger partial charge in [0.15, 0.2) is 6.61 Å². The van der Waals surface area contributed by atoms with E-state index in [9.17, 15) is 9.59 Å². The summed E-state index contributed by atoms with van der Waals surface area (Å²) in [7, 11) is 0. The minimum atomic E-state index is -0.507. The van der Waals surface area contributed by atoms with Crippen LogP contribution in [-0.2, 0) is 9.53 Å². The van der Waals surface area contributed by atoms with Gasteiger partial charge in [0.05, 0.1) is 17.2 Å². The molecule has 0 aliphatic heterocycles. The number of hydrogen-bond acceptors (Lipinski definition) is 4. The molecule has 1 amide bonds. The Labute approximate surface area is 162 Å². The molecule has 2 rings (SSSR count). The molecule has 5 nitrogen and oxygen atoms in total. The van der Waals surface area contributed by atoms with E-state index in [1.54, 1.807) is 25.1 Å². The second-order valence-electron chi connectivity index (χ2n) is 5.62. The Hall–Kier alpha value is -2.24. The molecule has 0 atom stereocenters. The van der Waals surface area contributed by atoms with Crippen molar-refractivity contribution in [2.24, 2.45) is 0 Å². The van der Waals surface area contributed by atoms with E-state index in [0.717, 1.165) is 11.1 Å². The van der Waals surface area contributed by atoms with Crippen molar-refractivity contribution in [3.63, 3.8) is 0 Å². The number of ether oxygens (including phenoxy) is 2. The molecular formula is C19H19Cl2NO4. The summed E-state index contributed by atoms with van der Waals surface area (Å²) in [4.78, 5) is 23.8. The van der Waals surface area contributed by atoms with Crippen LogP contribution >= 0.6 is 23.2 Å². The van der Waals surface area contributed by atoms with Crippen LogP contribution in [0.15, 0.2) is 30.3 Å². The normalized spacial score (nSPS) is 10.3. The number of amides is 1. The molecule has 138 valence electrons. The molecule has 2 aromatic carbocycles. The zero-order chi connectivity index (χ0) is 19.3. The highest BCUT2D eigenvalue weighted by molar-refractivity contribution is 6.34. The van der Waals surface area contributed by atoms with Crippen LogP contribution in [0.5, 0.6) is 5.75 Å². The topological polar surface area (TPSA) is 64.6 Å². The largest absolute Gasteiger partial charge is 0.484 e. The average Bonchev–Trinajstić information content (AvgIpc) is 2.58. The van der Waals surface area contributed by atoms with Crippen molar-refractivity contribution in [1.82, 2.24) is 0 Å². The fraction of sp³-hybridized carbons (Fsp3) is 0.263. The van der Waals surface area contributed by atoms with Crippen LogP contribution in [0, 0.1) is 13.8 Å². The second kappa shape index (κ2) is 8.92. The summed E-state index contributed by atoms with van der Waals surface area (Å²) < 4.78 is 10.4. The maximum Gasteiger partial charge on any atom is 0.339 e. The Morgan fingerprint density at radius 2 is 1.73 bits per heavy atom. The van der Waals surface area contributed by atoms with Gasteiger partial charge in [0.25, 0.3) is 5.91 Å². The highest BCUT2D eigenvalue weighted by atomic mass is 35.5. The number of esters is 1. The Morgan fingerprint density at radius 3 is 2.31 bits per heavy atom. The number of halogens is 2. The summed E-state index contributed by atoms with van der Waals surface area (Å²) in [5.41, 5.74) is 2.46. The number of carbonyl (C=O) groups is 2. The Bertz CT molecular complexity index is 813. The molecular weight excluding hydrogens is 377 g/mol. The number of anilines is 1. The number of carbonyl (C=O) groups excluding carboxylic acids is 2. The van der Waals surface area contributed by atoms with Crippen molar-refractivity contribution in [1.29, 1.82) is 0 Å². The molecule has 1 N–H and O–H groups in total. The minimum Gasteiger partial charge on any atom is -0.484 e. The lowest BCUT2D eigenvalue weighted by molar-refractivity contribution is -0.118. The van der Waals surface area contributed by atoms with Crippen LogP contribution < -0.4 is 10.1 Å². The predicted molar refractivity (Wildman–Crippen MR) is 102 cm³/mol. The van der Waals surface area contributed by atoms with Gasteiger partial charge in [-0.15, -0.1) is 0 Å². The fourth-order valence-corrected chi connectivity index (χ4v) is 2.67. The summed E-state index contributed by atoms with van der Waals surface area (Å²) in [5, 5.41) is 3.54. The van der Waals surface area contributed by atoms with Gasteiger partial charge in [0.2, 0.25) is 0 Å². The van der Waals surface area contributed by atoms with E-state index < -0.39 is 5.97 Å². The lowest BCUT2D eigenvalue weighted by Crippen LogP contribution is -2.20. The number of nitrogens with one attached hydrogen (secondary N) is 1. The van der Waals surface area contributed by atoms with Gasteiger partial charge in [-0.3, -0.25) is 4.79 Å². The van der Waals surface area contributed by atoms with Crippen LogP contribution in [-0.4, -0.2) is 25.1 Å². The lowest BCUT2D eigenvalue weighted by atomic mass is 10.1. The second-order valence-corrected chi connectivity index (χ2v) is 6.41. The Kier molecular flexibility index (Phi) is 6.89. The molecule has 0 spiro atoms. The van der Waals surface area contributed by atoms with Crippen molar-refractivity contribution in [3.05, 3.63) is 57.1 Å². The molecule has 2 aromatic rings. The van der Waals surface area contributed by atoms with Crippen molar-refractivity contribution < 1.29 is 19.1 Å². The van der Waals surface area contributed by atoms with Gasteiger partial charge < -0.3 is 14.8 Å². The highest BCUT2D eigenvalue weighted by Crippen LogP contribution is 2.26. The number of hydrogen-bond donors (Lipinski definition) is 1. The quantitative estimate of drug-likeness (QED) is 0.713. The molecule has 0 radical (unpaired) electrons. The minimum absolute atomic E-state index is 0.169. The number of benzene rings is 2. The van der Waals surface area contributed by atoms with E-state index in [4.69, 9.17) is 32.7 Å². The average molecular weight is 396 g/mol. The van der Waals surface area contributed by atoms with Crippen molar-refractivity contribution >= 4 is 40.8 Å². The third-order valence-electron chi connectivity index (χ3n) is 3.53. The molecule has 0 bridgehead atoms. The zero-order valence-corrected chi connectivity index (χ0v) is 16.2. The van der Waals surface area contributed by atoms with Crippen LogP contribution in [0.4, 0.5) is 5.69 Å². The summed E-state index contributed by atoms with van der Waals surface area (Å²) >= 11 is 12.2. The molecule has 7 heteroatoms. The number of rotatable bonds is 6. The lowest BCUT2D eigenvalue weighted by Gasteiger charge is -2.11. The van der Waals surface area contributed by atoms with Crippen LogP contribution in [0.25, 0.3) is 0 Å². The van der Waals surface area contributed by atoms with E-state index in [2.05, 4.69) is 5.32 Å². The van der Waals surface area contributed by atoms with Gasteiger partial charge in [-0.1, -0.05) is 23.2 Å². The third-order valence-corrected chi connectivity index (χ3v) is 4.44. The predicted octanol–water partition coefficient (Wildman–Crippen LogP) is 4.80.